The minimum atomic E-state index is -0.258. The Kier molecular flexibility index (Phi) is 6.27. The van der Waals surface area contributed by atoms with Gasteiger partial charge in [-0.25, -0.2) is 4.39 Å². The molecule has 0 spiro atoms. The van der Waals surface area contributed by atoms with Crippen LogP contribution in [0.5, 0.6) is 0 Å². The van der Waals surface area contributed by atoms with E-state index in [4.69, 9.17) is 11.6 Å². The van der Waals surface area contributed by atoms with Crippen LogP contribution in [-0.4, -0.2) is 31.1 Å². The van der Waals surface area contributed by atoms with Crippen LogP contribution in [0.25, 0.3) is 0 Å². The Morgan fingerprint density at radius 3 is 2.70 bits per heavy atom. The zero-order valence-corrected chi connectivity index (χ0v) is 12.9. The maximum atomic E-state index is 13.3. The van der Waals surface area contributed by atoms with E-state index in [1.807, 2.05) is 6.07 Å². The average Bonchev–Trinajstić information content (AvgIpc) is 2.46. The number of piperazine rings is 1. The lowest BCUT2D eigenvalue weighted by Gasteiger charge is -2.35. The van der Waals surface area contributed by atoms with Gasteiger partial charge in [-0.2, -0.15) is 0 Å². The molecule has 1 N–H and O–H groups in total. The van der Waals surface area contributed by atoms with Crippen molar-refractivity contribution in [1.82, 2.24) is 10.2 Å². The number of unbranched alkanes of at least 4 members (excludes halogenated alkanes) is 2. The highest BCUT2D eigenvalue weighted by atomic mass is 35.5. The normalized spacial score (nSPS) is 18.1. The summed E-state index contributed by atoms with van der Waals surface area (Å²) >= 11 is 6.27. The van der Waals surface area contributed by atoms with Crippen LogP contribution >= 0.6 is 11.6 Å². The molecule has 1 aromatic carbocycles. The standard InChI is InChI=1S/C16H24ClFN2/c1-2-3-4-5-16(20-10-8-19-9-11-20)14-7-6-13(18)12-15(14)17/h6-7,12,16,19H,2-5,8-11H2,1H3/t16-/m0/s1. The predicted octanol–water partition coefficient (Wildman–Crippen LogP) is 4.01. The third-order valence-corrected chi connectivity index (χ3v) is 4.32. The van der Waals surface area contributed by atoms with Crippen LogP contribution in [0.1, 0.15) is 44.2 Å². The molecule has 0 saturated carbocycles. The molecule has 2 nitrogen and oxygen atoms in total. The fourth-order valence-corrected chi connectivity index (χ4v) is 3.18. The maximum absolute atomic E-state index is 13.3. The van der Waals surface area contributed by atoms with Crippen LogP contribution < -0.4 is 5.32 Å². The van der Waals surface area contributed by atoms with Crippen molar-refractivity contribution >= 4 is 11.6 Å². The van der Waals surface area contributed by atoms with Gasteiger partial charge in [-0.3, -0.25) is 4.90 Å². The highest BCUT2D eigenvalue weighted by molar-refractivity contribution is 6.31. The van der Waals surface area contributed by atoms with Crippen molar-refractivity contribution in [3.63, 3.8) is 0 Å². The van der Waals surface area contributed by atoms with E-state index >= 15 is 0 Å². The molecule has 112 valence electrons. The summed E-state index contributed by atoms with van der Waals surface area (Å²) in [7, 11) is 0. The molecule has 4 heteroatoms. The number of rotatable bonds is 6. The first-order valence-electron chi connectivity index (χ1n) is 7.62. The molecule has 20 heavy (non-hydrogen) atoms. The zero-order chi connectivity index (χ0) is 14.4. The summed E-state index contributed by atoms with van der Waals surface area (Å²) < 4.78 is 13.3. The average molecular weight is 299 g/mol. The minimum Gasteiger partial charge on any atom is -0.314 e. The van der Waals surface area contributed by atoms with Crippen molar-refractivity contribution < 1.29 is 4.39 Å². The van der Waals surface area contributed by atoms with Gasteiger partial charge in [-0.15, -0.1) is 0 Å². The first-order valence-corrected chi connectivity index (χ1v) is 8.00. The second-order valence-corrected chi connectivity index (χ2v) is 5.87. The van der Waals surface area contributed by atoms with Crippen LogP contribution in [-0.2, 0) is 0 Å². The lowest BCUT2D eigenvalue weighted by molar-refractivity contribution is 0.162. The molecule has 0 unspecified atom stereocenters. The van der Waals surface area contributed by atoms with Gasteiger partial charge in [0.2, 0.25) is 0 Å². The molecule has 0 radical (unpaired) electrons. The third-order valence-electron chi connectivity index (χ3n) is 3.99. The van der Waals surface area contributed by atoms with Crippen molar-refractivity contribution in [2.24, 2.45) is 0 Å². The number of benzene rings is 1. The van der Waals surface area contributed by atoms with Gasteiger partial charge in [0.05, 0.1) is 0 Å². The van der Waals surface area contributed by atoms with E-state index in [1.165, 1.54) is 31.4 Å². The van der Waals surface area contributed by atoms with Crippen LogP contribution in [0.3, 0.4) is 0 Å². The molecule has 2 rings (SSSR count). The monoisotopic (exact) mass is 298 g/mol. The molecule has 1 aliphatic rings. The quantitative estimate of drug-likeness (QED) is 0.799. The van der Waals surface area contributed by atoms with Crippen molar-refractivity contribution in [2.45, 2.75) is 38.6 Å². The van der Waals surface area contributed by atoms with E-state index in [9.17, 15) is 4.39 Å². The molecule has 1 atom stereocenters. The lowest BCUT2D eigenvalue weighted by Crippen LogP contribution is -2.45. The van der Waals surface area contributed by atoms with Gasteiger partial charge in [0, 0.05) is 37.2 Å². The molecule has 0 amide bonds. The van der Waals surface area contributed by atoms with E-state index in [1.54, 1.807) is 0 Å². The smallest absolute Gasteiger partial charge is 0.124 e. The molecular formula is C16H24ClFN2. The number of nitrogens with zero attached hydrogens (tertiary/aromatic N) is 1. The van der Waals surface area contributed by atoms with Gasteiger partial charge in [0.1, 0.15) is 5.82 Å². The number of nitrogens with one attached hydrogen (secondary N) is 1. The summed E-state index contributed by atoms with van der Waals surface area (Å²) in [5.41, 5.74) is 1.08. The Bertz CT molecular complexity index is 419. The molecule has 1 aliphatic heterocycles. The summed E-state index contributed by atoms with van der Waals surface area (Å²) in [6.07, 6.45) is 4.74. The summed E-state index contributed by atoms with van der Waals surface area (Å²) in [5.74, 6) is -0.258. The molecule has 1 saturated heterocycles. The SMILES string of the molecule is CCCCC[C@@H](c1ccc(F)cc1Cl)N1CCNCC1. The lowest BCUT2D eigenvalue weighted by atomic mass is 9.98. The Balaban J connectivity index is 2.15. The van der Waals surface area contributed by atoms with Crippen molar-refractivity contribution in [3.8, 4) is 0 Å². The van der Waals surface area contributed by atoms with Gasteiger partial charge < -0.3 is 5.32 Å². The number of halogens is 2. The fraction of sp³-hybridized carbons (Fsp3) is 0.625. The number of hydrogen-bond donors (Lipinski definition) is 1. The Morgan fingerprint density at radius 1 is 1.30 bits per heavy atom. The fourth-order valence-electron chi connectivity index (χ4n) is 2.89. The van der Waals surface area contributed by atoms with E-state index in [0.29, 0.717) is 11.1 Å². The van der Waals surface area contributed by atoms with Crippen molar-refractivity contribution in [3.05, 3.63) is 34.6 Å². The minimum absolute atomic E-state index is 0.258. The molecule has 0 bridgehead atoms. The Morgan fingerprint density at radius 2 is 2.05 bits per heavy atom. The van der Waals surface area contributed by atoms with Crippen LogP contribution in [0.2, 0.25) is 5.02 Å². The number of hydrogen-bond acceptors (Lipinski definition) is 2. The first kappa shape index (κ1) is 15.7. The van der Waals surface area contributed by atoms with Gasteiger partial charge >= 0.3 is 0 Å². The van der Waals surface area contributed by atoms with E-state index in [0.717, 1.165) is 38.2 Å². The van der Waals surface area contributed by atoms with Gasteiger partial charge in [-0.1, -0.05) is 43.9 Å². The summed E-state index contributed by atoms with van der Waals surface area (Å²) in [6.45, 7) is 6.31. The van der Waals surface area contributed by atoms with Gasteiger partial charge in [-0.05, 0) is 24.1 Å². The van der Waals surface area contributed by atoms with Crippen molar-refractivity contribution in [1.29, 1.82) is 0 Å². The van der Waals surface area contributed by atoms with Crippen LogP contribution in [0.4, 0.5) is 4.39 Å². The van der Waals surface area contributed by atoms with E-state index in [-0.39, 0.29) is 5.82 Å². The first-order chi connectivity index (χ1) is 9.72. The highest BCUT2D eigenvalue weighted by Gasteiger charge is 2.23. The molecule has 0 aliphatic carbocycles. The molecule has 1 aromatic rings. The molecule has 1 heterocycles. The second-order valence-electron chi connectivity index (χ2n) is 5.46. The van der Waals surface area contributed by atoms with Crippen molar-refractivity contribution in [2.75, 3.05) is 26.2 Å². The molecular weight excluding hydrogens is 275 g/mol. The van der Waals surface area contributed by atoms with Gasteiger partial charge in [0.15, 0.2) is 0 Å². The Hall–Kier alpha value is -0.640. The summed E-state index contributed by atoms with van der Waals surface area (Å²) in [6, 6.07) is 5.13. The third kappa shape index (κ3) is 4.18. The van der Waals surface area contributed by atoms with E-state index in [2.05, 4.69) is 17.1 Å². The Labute approximate surface area is 126 Å². The molecule has 1 fully saturated rings. The summed E-state index contributed by atoms with van der Waals surface area (Å²) in [4.78, 5) is 2.48. The predicted molar refractivity (Wildman–Crippen MR) is 82.7 cm³/mol. The maximum Gasteiger partial charge on any atom is 0.124 e. The summed E-state index contributed by atoms with van der Waals surface area (Å²) in [5, 5.41) is 3.94. The second kappa shape index (κ2) is 7.96. The van der Waals surface area contributed by atoms with Crippen LogP contribution in [0, 0.1) is 5.82 Å². The van der Waals surface area contributed by atoms with Crippen LogP contribution in [0.15, 0.2) is 18.2 Å². The topological polar surface area (TPSA) is 15.3 Å². The highest BCUT2D eigenvalue weighted by Crippen LogP contribution is 2.32. The molecule has 0 aromatic heterocycles. The van der Waals surface area contributed by atoms with E-state index < -0.39 is 0 Å². The van der Waals surface area contributed by atoms with Gasteiger partial charge in [0.25, 0.3) is 0 Å². The zero-order valence-electron chi connectivity index (χ0n) is 12.2. The largest absolute Gasteiger partial charge is 0.314 e.